The van der Waals surface area contributed by atoms with Crippen LogP contribution in [0.5, 0.6) is 0 Å². The summed E-state index contributed by atoms with van der Waals surface area (Å²) in [6, 6.07) is 12.5. The van der Waals surface area contributed by atoms with Crippen LogP contribution in [0.15, 0.2) is 65.4 Å². The van der Waals surface area contributed by atoms with Crippen LogP contribution < -0.4 is 10.6 Å². The molecule has 1 atom stereocenters. The second-order valence-electron chi connectivity index (χ2n) is 8.59. The van der Waals surface area contributed by atoms with Crippen LogP contribution in [0, 0.1) is 0 Å². The molecule has 190 valence electrons. The molecular formula is C26H28BrF2N5O2. The Labute approximate surface area is 217 Å². The second-order valence-corrected chi connectivity index (χ2v) is 9.50. The van der Waals surface area contributed by atoms with Crippen LogP contribution in [0.25, 0.3) is 10.9 Å². The summed E-state index contributed by atoms with van der Waals surface area (Å²) in [6.07, 6.45) is 3.30. The first-order valence-electron chi connectivity index (χ1n) is 11.8. The quantitative estimate of drug-likeness (QED) is 0.324. The van der Waals surface area contributed by atoms with Gasteiger partial charge in [-0.05, 0) is 48.9 Å². The molecule has 1 saturated heterocycles. The van der Waals surface area contributed by atoms with Crippen molar-refractivity contribution in [1.82, 2.24) is 14.9 Å². The first-order chi connectivity index (χ1) is 17.3. The van der Waals surface area contributed by atoms with Crippen LogP contribution in [0.3, 0.4) is 0 Å². The van der Waals surface area contributed by atoms with Gasteiger partial charge in [-0.1, -0.05) is 28.9 Å². The summed E-state index contributed by atoms with van der Waals surface area (Å²) >= 11 is 3.44. The molecule has 2 N–H and O–H groups in total. The minimum Gasteiger partial charge on any atom is -0.379 e. The van der Waals surface area contributed by atoms with Crippen molar-refractivity contribution in [2.24, 2.45) is 0 Å². The summed E-state index contributed by atoms with van der Waals surface area (Å²) in [4.78, 5) is 23.1. The number of allylic oxidation sites excluding steroid dienone is 1. The van der Waals surface area contributed by atoms with Gasteiger partial charge in [-0.15, -0.1) is 0 Å². The number of anilines is 3. The van der Waals surface area contributed by atoms with Crippen molar-refractivity contribution in [3.63, 3.8) is 0 Å². The van der Waals surface area contributed by atoms with Gasteiger partial charge in [0.2, 0.25) is 5.91 Å². The molecule has 0 radical (unpaired) electrons. The second kappa shape index (κ2) is 11.9. The lowest BCUT2D eigenvalue weighted by Gasteiger charge is -2.35. The molecule has 1 unspecified atom stereocenters. The predicted octanol–water partition coefficient (Wildman–Crippen LogP) is 5.77. The predicted molar refractivity (Wildman–Crippen MR) is 141 cm³/mol. The number of rotatable bonds is 9. The number of ether oxygens (including phenoxy) is 1. The van der Waals surface area contributed by atoms with E-state index in [2.05, 4.69) is 36.5 Å². The van der Waals surface area contributed by atoms with E-state index >= 15 is 0 Å². The Morgan fingerprint density at radius 2 is 2.00 bits per heavy atom. The van der Waals surface area contributed by atoms with Crippen LogP contribution in [-0.4, -0.2) is 59.0 Å². The van der Waals surface area contributed by atoms with E-state index in [1.54, 1.807) is 18.2 Å². The summed E-state index contributed by atoms with van der Waals surface area (Å²) in [6.45, 7) is 4.29. The number of amides is 1. The number of nitrogens with zero attached hydrogens (tertiary/aromatic N) is 3. The maximum atomic E-state index is 14.7. The molecule has 10 heteroatoms. The van der Waals surface area contributed by atoms with E-state index in [4.69, 9.17) is 4.74 Å². The average molecular weight is 560 g/mol. The minimum atomic E-state index is -3.10. The van der Waals surface area contributed by atoms with Gasteiger partial charge in [-0.2, -0.15) is 0 Å². The van der Waals surface area contributed by atoms with Crippen molar-refractivity contribution in [2.45, 2.75) is 31.7 Å². The average Bonchev–Trinajstić information content (AvgIpc) is 2.87. The van der Waals surface area contributed by atoms with Crippen molar-refractivity contribution >= 4 is 49.9 Å². The van der Waals surface area contributed by atoms with Crippen molar-refractivity contribution < 1.29 is 18.3 Å². The lowest BCUT2D eigenvalue weighted by atomic mass is 10.0. The van der Waals surface area contributed by atoms with Gasteiger partial charge in [0, 0.05) is 52.9 Å². The summed E-state index contributed by atoms with van der Waals surface area (Å²) in [5.41, 5.74) is 1.95. The fraction of sp³-hybridized carbons (Fsp3) is 0.346. The van der Waals surface area contributed by atoms with E-state index in [1.807, 2.05) is 36.1 Å². The lowest BCUT2D eigenvalue weighted by Crippen LogP contribution is -2.45. The van der Waals surface area contributed by atoms with E-state index in [0.717, 1.165) is 16.2 Å². The highest BCUT2D eigenvalue weighted by atomic mass is 79.9. The SMILES string of the molecule is CCC(CC(F)(F)C=CC(=O)Nc1ccc2ncnc(Nc3cccc(Br)c3)c2c1)N1CCOCC1. The van der Waals surface area contributed by atoms with Gasteiger partial charge in [0.1, 0.15) is 12.1 Å². The first-order valence-corrected chi connectivity index (χ1v) is 12.6. The zero-order valence-electron chi connectivity index (χ0n) is 19.9. The van der Waals surface area contributed by atoms with Gasteiger partial charge in [0.25, 0.3) is 5.92 Å². The largest absolute Gasteiger partial charge is 0.379 e. The standard InChI is InChI=1S/C26H28BrF2N5O2/c1-2-21(34-10-12-36-13-11-34)16-26(28,29)9-8-24(35)32-20-6-7-23-22(15-20)25(31-17-30-23)33-19-5-3-4-18(27)14-19/h3-9,14-15,17,21H,2,10-13,16H2,1H3,(H,32,35)(H,30,31,33). The summed E-state index contributed by atoms with van der Waals surface area (Å²) in [5.74, 6) is -3.18. The Morgan fingerprint density at radius 3 is 2.75 bits per heavy atom. The molecule has 1 aliphatic rings. The minimum absolute atomic E-state index is 0.270. The molecule has 0 bridgehead atoms. The van der Waals surface area contributed by atoms with Crippen LogP contribution >= 0.6 is 15.9 Å². The Balaban J connectivity index is 1.43. The van der Waals surface area contributed by atoms with Gasteiger partial charge in [-0.25, -0.2) is 18.7 Å². The molecule has 0 aliphatic carbocycles. The number of carbonyl (C=O) groups excluding carboxylic acids is 1. The van der Waals surface area contributed by atoms with E-state index < -0.39 is 11.8 Å². The number of aromatic nitrogens is 2. The Morgan fingerprint density at radius 1 is 1.19 bits per heavy atom. The molecule has 2 aromatic carbocycles. The number of hydrogen-bond acceptors (Lipinski definition) is 6. The number of fused-ring (bicyclic) bond motifs is 1. The van der Waals surface area contributed by atoms with Gasteiger partial charge >= 0.3 is 0 Å². The van der Waals surface area contributed by atoms with Gasteiger partial charge < -0.3 is 15.4 Å². The maximum absolute atomic E-state index is 14.7. The highest BCUT2D eigenvalue weighted by molar-refractivity contribution is 9.10. The van der Waals surface area contributed by atoms with Crippen LogP contribution in [0.4, 0.5) is 26.0 Å². The van der Waals surface area contributed by atoms with Crippen molar-refractivity contribution in [3.8, 4) is 0 Å². The third-order valence-corrected chi connectivity index (χ3v) is 6.50. The number of nitrogens with one attached hydrogen (secondary N) is 2. The lowest BCUT2D eigenvalue weighted by molar-refractivity contribution is -0.112. The molecule has 7 nitrogen and oxygen atoms in total. The number of benzene rings is 2. The van der Waals surface area contributed by atoms with Crippen LogP contribution in [-0.2, 0) is 9.53 Å². The first kappa shape index (κ1) is 26.1. The molecule has 36 heavy (non-hydrogen) atoms. The monoisotopic (exact) mass is 559 g/mol. The van der Waals surface area contributed by atoms with Gasteiger partial charge in [0.05, 0.1) is 18.7 Å². The molecule has 1 amide bonds. The van der Waals surface area contributed by atoms with Crippen molar-refractivity contribution in [2.75, 3.05) is 36.9 Å². The van der Waals surface area contributed by atoms with Crippen LogP contribution in [0.2, 0.25) is 0 Å². The molecule has 1 aromatic heterocycles. The van der Waals surface area contributed by atoms with E-state index in [9.17, 15) is 13.6 Å². The fourth-order valence-corrected chi connectivity index (χ4v) is 4.57. The van der Waals surface area contributed by atoms with Gasteiger partial charge in [0.15, 0.2) is 0 Å². The number of halogens is 3. The molecule has 4 rings (SSSR count). The van der Waals surface area contributed by atoms with Crippen molar-refractivity contribution in [1.29, 1.82) is 0 Å². The molecule has 3 aromatic rings. The fourth-order valence-electron chi connectivity index (χ4n) is 4.17. The Kier molecular flexibility index (Phi) is 8.60. The summed E-state index contributed by atoms with van der Waals surface area (Å²) in [5, 5.41) is 6.59. The van der Waals surface area contributed by atoms with E-state index in [0.29, 0.717) is 61.2 Å². The molecule has 2 heterocycles. The third-order valence-electron chi connectivity index (χ3n) is 6.01. The molecule has 1 aliphatic heterocycles. The van der Waals surface area contributed by atoms with Crippen molar-refractivity contribution in [3.05, 3.63) is 65.4 Å². The van der Waals surface area contributed by atoms with E-state index in [1.165, 1.54) is 6.33 Å². The number of carbonyl (C=O) groups is 1. The summed E-state index contributed by atoms with van der Waals surface area (Å²) in [7, 11) is 0. The zero-order valence-corrected chi connectivity index (χ0v) is 21.5. The molecule has 0 spiro atoms. The molecular weight excluding hydrogens is 532 g/mol. The molecule has 0 saturated carbocycles. The van der Waals surface area contributed by atoms with E-state index in [-0.39, 0.29) is 12.5 Å². The zero-order chi connectivity index (χ0) is 25.5. The smallest absolute Gasteiger partial charge is 0.268 e. The summed E-state index contributed by atoms with van der Waals surface area (Å²) < 4.78 is 35.6. The Hall–Kier alpha value is -2.95. The third kappa shape index (κ3) is 7.05. The number of morpholine rings is 1. The highest BCUT2D eigenvalue weighted by Gasteiger charge is 2.32. The van der Waals surface area contributed by atoms with Gasteiger partial charge in [-0.3, -0.25) is 9.69 Å². The molecule has 1 fully saturated rings. The normalized spacial score (nSPS) is 15.8. The Bertz CT molecular complexity index is 1230. The topological polar surface area (TPSA) is 79.4 Å². The number of hydrogen-bond donors (Lipinski definition) is 2. The highest BCUT2D eigenvalue weighted by Crippen LogP contribution is 2.28. The maximum Gasteiger partial charge on any atom is 0.268 e. The number of alkyl halides is 2. The van der Waals surface area contributed by atoms with Crippen LogP contribution in [0.1, 0.15) is 19.8 Å².